The fourth-order valence-corrected chi connectivity index (χ4v) is 2.56. The molecule has 0 spiro atoms. The van der Waals surface area contributed by atoms with Crippen LogP contribution in [0.5, 0.6) is 5.75 Å². The van der Waals surface area contributed by atoms with E-state index in [4.69, 9.17) is 9.47 Å². The number of carbonyl (C=O) groups excluding carboxylic acids is 2. The van der Waals surface area contributed by atoms with Gasteiger partial charge in [-0.2, -0.15) is 5.26 Å². The van der Waals surface area contributed by atoms with E-state index in [1.54, 1.807) is 30.3 Å². The average molecular weight is 406 g/mol. The predicted octanol–water partition coefficient (Wildman–Crippen LogP) is 4.98. The van der Waals surface area contributed by atoms with Gasteiger partial charge in [-0.05, 0) is 43.2 Å². The number of nitrogens with one attached hydrogen (secondary N) is 1. The molecule has 0 aliphatic heterocycles. The minimum Gasteiger partial charge on any atom is -0.493 e. The van der Waals surface area contributed by atoms with Crippen LogP contribution in [0.3, 0.4) is 0 Å². The number of hydrogen-bond donors (Lipinski definition) is 1. The summed E-state index contributed by atoms with van der Waals surface area (Å²) in [7, 11) is 0. The zero-order valence-electron chi connectivity index (χ0n) is 17.3. The summed E-state index contributed by atoms with van der Waals surface area (Å²) in [5, 5.41) is 12.1. The number of benzene rings is 2. The van der Waals surface area contributed by atoms with Crippen molar-refractivity contribution in [3.63, 3.8) is 0 Å². The monoisotopic (exact) mass is 406 g/mol. The molecule has 0 fully saturated rings. The number of nitriles is 1. The van der Waals surface area contributed by atoms with E-state index in [2.05, 4.69) is 5.32 Å². The molecule has 2 rings (SSSR count). The summed E-state index contributed by atoms with van der Waals surface area (Å²) in [6, 6.07) is 15.6. The predicted molar refractivity (Wildman–Crippen MR) is 116 cm³/mol. The second-order valence-electron chi connectivity index (χ2n) is 6.58. The van der Waals surface area contributed by atoms with Crippen LogP contribution in [0.1, 0.15) is 49.0 Å². The van der Waals surface area contributed by atoms with E-state index < -0.39 is 11.9 Å². The molecular formula is C24H26N2O4. The Hall–Kier alpha value is -3.59. The first-order chi connectivity index (χ1) is 14.6. The number of rotatable bonds is 10. The molecule has 1 N–H and O–H groups in total. The molecule has 0 unspecified atom stereocenters. The minimum atomic E-state index is -0.570. The SMILES string of the molecule is CCCCOC(=O)c1cccc(NC(=O)/C(C#N)=C/c2ccccc2OCCC)c1. The van der Waals surface area contributed by atoms with Gasteiger partial charge in [-0.1, -0.05) is 44.5 Å². The Morgan fingerprint density at radius 2 is 1.87 bits per heavy atom. The quantitative estimate of drug-likeness (QED) is 0.260. The molecule has 6 heteroatoms. The number of nitrogens with zero attached hydrogens (tertiary/aromatic N) is 1. The molecule has 0 heterocycles. The summed E-state index contributed by atoms with van der Waals surface area (Å²) in [4.78, 5) is 24.7. The lowest BCUT2D eigenvalue weighted by atomic mass is 10.1. The average Bonchev–Trinajstić information content (AvgIpc) is 2.76. The van der Waals surface area contributed by atoms with Crippen LogP contribution in [0.25, 0.3) is 6.08 Å². The number of para-hydroxylation sites is 1. The number of unbranched alkanes of at least 4 members (excludes halogenated alkanes) is 1. The highest BCUT2D eigenvalue weighted by atomic mass is 16.5. The van der Waals surface area contributed by atoms with Crippen molar-refractivity contribution in [2.45, 2.75) is 33.1 Å². The van der Waals surface area contributed by atoms with Crippen LogP contribution in [0.4, 0.5) is 5.69 Å². The van der Waals surface area contributed by atoms with Crippen molar-refractivity contribution in [2.75, 3.05) is 18.5 Å². The van der Waals surface area contributed by atoms with Gasteiger partial charge in [0.15, 0.2) is 0 Å². The topological polar surface area (TPSA) is 88.4 Å². The number of amides is 1. The van der Waals surface area contributed by atoms with Crippen molar-refractivity contribution in [2.24, 2.45) is 0 Å². The van der Waals surface area contributed by atoms with Crippen molar-refractivity contribution in [1.82, 2.24) is 0 Å². The van der Waals surface area contributed by atoms with E-state index >= 15 is 0 Å². The third-order valence-corrected chi connectivity index (χ3v) is 4.13. The second kappa shape index (κ2) is 12.1. The van der Waals surface area contributed by atoms with Gasteiger partial charge in [-0.3, -0.25) is 4.79 Å². The molecule has 0 bridgehead atoms. The van der Waals surface area contributed by atoms with E-state index in [0.29, 0.717) is 35.8 Å². The molecule has 0 saturated heterocycles. The van der Waals surface area contributed by atoms with E-state index in [1.165, 1.54) is 12.1 Å². The van der Waals surface area contributed by atoms with E-state index in [9.17, 15) is 14.9 Å². The lowest BCUT2D eigenvalue weighted by Crippen LogP contribution is -2.14. The fourth-order valence-electron chi connectivity index (χ4n) is 2.56. The Kier molecular flexibility index (Phi) is 9.14. The molecular weight excluding hydrogens is 380 g/mol. The third kappa shape index (κ3) is 6.78. The summed E-state index contributed by atoms with van der Waals surface area (Å²) in [6.07, 6.45) is 4.06. The molecule has 0 saturated carbocycles. The van der Waals surface area contributed by atoms with Gasteiger partial charge in [0.1, 0.15) is 17.4 Å². The maximum atomic E-state index is 12.6. The van der Waals surface area contributed by atoms with E-state index in [0.717, 1.165) is 19.3 Å². The highest BCUT2D eigenvalue weighted by Gasteiger charge is 2.13. The lowest BCUT2D eigenvalue weighted by molar-refractivity contribution is -0.112. The molecule has 30 heavy (non-hydrogen) atoms. The molecule has 0 radical (unpaired) electrons. The first-order valence-corrected chi connectivity index (χ1v) is 10.0. The Morgan fingerprint density at radius 1 is 1.07 bits per heavy atom. The number of hydrogen-bond acceptors (Lipinski definition) is 5. The standard InChI is InChI=1S/C24H26N2O4/c1-3-5-14-30-24(28)19-10-8-11-21(16-19)26-23(27)20(17-25)15-18-9-6-7-12-22(18)29-13-4-2/h6-12,15-16H,3-5,13-14H2,1-2H3,(H,26,27)/b20-15+. The van der Waals surface area contributed by atoms with Crippen molar-refractivity contribution in [3.05, 3.63) is 65.2 Å². The maximum Gasteiger partial charge on any atom is 0.338 e. The summed E-state index contributed by atoms with van der Waals surface area (Å²) >= 11 is 0. The van der Waals surface area contributed by atoms with Crippen LogP contribution in [-0.2, 0) is 9.53 Å². The number of ether oxygens (including phenoxy) is 2. The van der Waals surface area contributed by atoms with Crippen molar-refractivity contribution >= 4 is 23.6 Å². The molecule has 0 atom stereocenters. The van der Waals surface area contributed by atoms with Crippen LogP contribution in [0, 0.1) is 11.3 Å². The van der Waals surface area contributed by atoms with Gasteiger partial charge in [0, 0.05) is 11.3 Å². The second-order valence-corrected chi connectivity index (χ2v) is 6.58. The Labute approximate surface area is 177 Å². The Bertz CT molecular complexity index is 944. The van der Waals surface area contributed by atoms with Gasteiger partial charge in [0.05, 0.1) is 18.8 Å². The molecule has 0 aliphatic carbocycles. The maximum absolute atomic E-state index is 12.6. The summed E-state index contributed by atoms with van der Waals surface area (Å²) in [6.45, 7) is 4.91. The zero-order valence-corrected chi connectivity index (χ0v) is 17.3. The van der Waals surface area contributed by atoms with Crippen molar-refractivity contribution in [1.29, 1.82) is 5.26 Å². The van der Waals surface area contributed by atoms with Crippen LogP contribution >= 0.6 is 0 Å². The fraction of sp³-hybridized carbons (Fsp3) is 0.292. The largest absolute Gasteiger partial charge is 0.493 e. The zero-order chi connectivity index (χ0) is 21.8. The van der Waals surface area contributed by atoms with Crippen LogP contribution in [0.2, 0.25) is 0 Å². The smallest absolute Gasteiger partial charge is 0.338 e. The lowest BCUT2D eigenvalue weighted by Gasteiger charge is -2.09. The van der Waals surface area contributed by atoms with Crippen LogP contribution in [-0.4, -0.2) is 25.1 Å². The molecule has 2 aromatic rings. The van der Waals surface area contributed by atoms with Crippen molar-refractivity contribution in [3.8, 4) is 11.8 Å². The third-order valence-electron chi connectivity index (χ3n) is 4.13. The van der Waals surface area contributed by atoms with Gasteiger partial charge in [-0.15, -0.1) is 0 Å². The van der Waals surface area contributed by atoms with Crippen molar-refractivity contribution < 1.29 is 19.1 Å². The molecule has 0 aromatic heterocycles. The number of anilines is 1. The van der Waals surface area contributed by atoms with Crippen LogP contribution in [0.15, 0.2) is 54.1 Å². The van der Waals surface area contributed by atoms with Crippen LogP contribution < -0.4 is 10.1 Å². The first-order valence-electron chi connectivity index (χ1n) is 10.0. The molecule has 2 aromatic carbocycles. The number of esters is 1. The van der Waals surface area contributed by atoms with E-state index in [1.807, 2.05) is 32.0 Å². The molecule has 0 aliphatic rings. The molecule has 1 amide bonds. The molecule has 6 nitrogen and oxygen atoms in total. The van der Waals surface area contributed by atoms with Gasteiger partial charge in [0.2, 0.25) is 0 Å². The van der Waals surface area contributed by atoms with Gasteiger partial charge in [-0.25, -0.2) is 4.79 Å². The number of carbonyl (C=O) groups is 2. The minimum absolute atomic E-state index is 0.0709. The normalized spacial score (nSPS) is 10.8. The highest BCUT2D eigenvalue weighted by Crippen LogP contribution is 2.22. The van der Waals surface area contributed by atoms with Gasteiger partial charge >= 0.3 is 5.97 Å². The van der Waals surface area contributed by atoms with E-state index in [-0.39, 0.29) is 5.57 Å². The van der Waals surface area contributed by atoms with Gasteiger partial charge < -0.3 is 14.8 Å². The highest BCUT2D eigenvalue weighted by molar-refractivity contribution is 6.10. The first kappa shape index (κ1) is 22.7. The molecule has 156 valence electrons. The Morgan fingerprint density at radius 3 is 2.60 bits per heavy atom. The van der Waals surface area contributed by atoms with Gasteiger partial charge in [0.25, 0.3) is 5.91 Å². The summed E-state index contributed by atoms with van der Waals surface area (Å²) < 4.78 is 10.9. The summed E-state index contributed by atoms with van der Waals surface area (Å²) in [5.41, 5.74) is 1.32. The Balaban J connectivity index is 2.15. The summed E-state index contributed by atoms with van der Waals surface area (Å²) in [5.74, 6) is -0.409.